The maximum atomic E-state index is 12.1. The van der Waals surface area contributed by atoms with Gasteiger partial charge in [0, 0.05) is 6.04 Å². The van der Waals surface area contributed by atoms with Crippen LogP contribution in [0.2, 0.25) is 0 Å². The summed E-state index contributed by atoms with van der Waals surface area (Å²) in [5.41, 5.74) is 0.211. The van der Waals surface area contributed by atoms with Crippen molar-refractivity contribution in [1.82, 2.24) is 4.72 Å². The number of rotatable bonds is 5. The van der Waals surface area contributed by atoms with Crippen molar-refractivity contribution >= 4 is 16.0 Å². The zero-order valence-electron chi connectivity index (χ0n) is 11.5. The van der Waals surface area contributed by atoms with Crippen molar-refractivity contribution in [3.63, 3.8) is 0 Å². The third-order valence-electron chi connectivity index (χ3n) is 2.91. The summed E-state index contributed by atoms with van der Waals surface area (Å²) in [7, 11) is -2.37. The van der Waals surface area contributed by atoms with Crippen molar-refractivity contribution in [2.24, 2.45) is 5.92 Å². The molecule has 106 valence electrons. The van der Waals surface area contributed by atoms with Gasteiger partial charge in [0.05, 0.1) is 17.6 Å². The molecule has 0 aliphatic rings. The summed E-state index contributed by atoms with van der Waals surface area (Å²) in [5.74, 6) is -0.382. The van der Waals surface area contributed by atoms with Gasteiger partial charge < -0.3 is 4.74 Å². The van der Waals surface area contributed by atoms with E-state index >= 15 is 0 Å². The van der Waals surface area contributed by atoms with E-state index in [-0.39, 0.29) is 22.4 Å². The van der Waals surface area contributed by atoms with Crippen LogP contribution in [0.1, 0.15) is 31.1 Å². The first-order chi connectivity index (χ1) is 8.77. The third-order valence-corrected chi connectivity index (χ3v) is 4.46. The van der Waals surface area contributed by atoms with Gasteiger partial charge in [-0.15, -0.1) is 0 Å². The van der Waals surface area contributed by atoms with E-state index in [4.69, 9.17) is 0 Å². The number of nitrogens with one attached hydrogen (secondary N) is 1. The average Bonchev–Trinajstić information content (AvgIpc) is 2.37. The van der Waals surface area contributed by atoms with Crippen LogP contribution >= 0.6 is 0 Å². The van der Waals surface area contributed by atoms with Crippen molar-refractivity contribution in [2.45, 2.75) is 31.7 Å². The first-order valence-electron chi connectivity index (χ1n) is 5.98. The molecular formula is C13H19NO4S. The van der Waals surface area contributed by atoms with Gasteiger partial charge in [0.25, 0.3) is 0 Å². The van der Waals surface area contributed by atoms with Gasteiger partial charge >= 0.3 is 5.97 Å². The number of esters is 1. The lowest BCUT2D eigenvalue weighted by molar-refractivity contribution is 0.0600. The second kappa shape index (κ2) is 6.16. The monoisotopic (exact) mass is 285 g/mol. The highest BCUT2D eigenvalue weighted by Gasteiger charge is 2.20. The Labute approximate surface area is 114 Å². The van der Waals surface area contributed by atoms with Crippen LogP contribution in [-0.2, 0) is 14.8 Å². The predicted molar refractivity (Wildman–Crippen MR) is 72.4 cm³/mol. The molecule has 0 heterocycles. The van der Waals surface area contributed by atoms with E-state index in [1.54, 1.807) is 6.92 Å². The molecule has 1 aromatic carbocycles. The van der Waals surface area contributed by atoms with Gasteiger partial charge in [0.15, 0.2) is 0 Å². The molecule has 0 bridgehead atoms. The fourth-order valence-electron chi connectivity index (χ4n) is 1.36. The Morgan fingerprint density at radius 3 is 2.42 bits per heavy atom. The lowest BCUT2D eigenvalue weighted by atomic mass is 10.1. The van der Waals surface area contributed by atoms with Crippen LogP contribution in [0, 0.1) is 5.92 Å². The van der Waals surface area contributed by atoms with Crippen LogP contribution in [0.3, 0.4) is 0 Å². The van der Waals surface area contributed by atoms with Gasteiger partial charge in [-0.2, -0.15) is 0 Å². The van der Waals surface area contributed by atoms with E-state index in [2.05, 4.69) is 9.46 Å². The quantitative estimate of drug-likeness (QED) is 0.837. The number of hydrogen-bond acceptors (Lipinski definition) is 4. The van der Waals surface area contributed by atoms with Gasteiger partial charge in [0.2, 0.25) is 10.0 Å². The van der Waals surface area contributed by atoms with Crippen LogP contribution in [0.25, 0.3) is 0 Å². The van der Waals surface area contributed by atoms with Crippen LogP contribution in [0.15, 0.2) is 29.2 Å². The number of methoxy groups -OCH3 is 1. The SMILES string of the molecule is COC(=O)c1cccc(S(=O)(=O)N[C@@H](C)C(C)C)c1. The van der Waals surface area contributed by atoms with Crippen molar-refractivity contribution in [2.75, 3.05) is 7.11 Å². The van der Waals surface area contributed by atoms with Crippen LogP contribution in [0.5, 0.6) is 0 Å². The summed E-state index contributed by atoms with van der Waals surface area (Å²) in [6, 6.07) is 5.59. The average molecular weight is 285 g/mol. The molecule has 0 aliphatic heterocycles. The Balaban J connectivity index is 3.05. The number of carbonyl (C=O) groups excluding carboxylic acids is 1. The molecule has 0 aliphatic carbocycles. The molecule has 1 atom stereocenters. The molecule has 0 saturated carbocycles. The fraction of sp³-hybridized carbons (Fsp3) is 0.462. The number of carbonyl (C=O) groups is 1. The number of hydrogen-bond donors (Lipinski definition) is 1. The highest BCUT2D eigenvalue weighted by Crippen LogP contribution is 2.14. The third kappa shape index (κ3) is 4.04. The summed E-state index contributed by atoms with van der Waals surface area (Å²) in [4.78, 5) is 11.4. The summed E-state index contributed by atoms with van der Waals surface area (Å²) in [5, 5.41) is 0. The van der Waals surface area contributed by atoms with E-state index < -0.39 is 16.0 Å². The van der Waals surface area contributed by atoms with Gasteiger partial charge in [-0.25, -0.2) is 17.9 Å². The fourth-order valence-corrected chi connectivity index (χ4v) is 2.79. The molecule has 0 radical (unpaired) electrons. The molecule has 0 amide bonds. The molecule has 0 aromatic heterocycles. The Bertz CT molecular complexity index is 552. The number of benzene rings is 1. The Hall–Kier alpha value is -1.40. The molecule has 1 N–H and O–H groups in total. The summed E-state index contributed by atoms with van der Waals surface area (Å²) in [6.45, 7) is 5.66. The van der Waals surface area contributed by atoms with E-state index in [9.17, 15) is 13.2 Å². The molecule has 0 saturated heterocycles. The molecule has 1 rings (SSSR count). The molecule has 5 nitrogen and oxygen atoms in total. The molecule has 0 unspecified atom stereocenters. The Kier molecular flexibility index (Phi) is 5.08. The second-order valence-electron chi connectivity index (χ2n) is 4.67. The largest absolute Gasteiger partial charge is 0.465 e. The Morgan fingerprint density at radius 1 is 1.26 bits per heavy atom. The minimum Gasteiger partial charge on any atom is -0.465 e. The van der Waals surface area contributed by atoms with Gasteiger partial charge in [0.1, 0.15) is 0 Å². The van der Waals surface area contributed by atoms with Crippen LogP contribution in [0.4, 0.5) is 0 Å². The summed E-state index contributed by atoms with van der Waals surface area (Å²) >= 11 is 0. The maximum Gasteiger partial charge on any atom is 0.337 e. The number of sulfonamides is 1. The van der Waals surface area contributed by atoms with E-state index in [0.717, 1.165) is 0 Å². The minimum atomic E-state index is -3.63. The van der Waals surface area contributed by atoms with E-state index in [1.165, 1.54) is 31.4 Å². The first-order valence-corrected chi connectivity index (χ1v) is 7.47. The van der Waals surface area contributed by atoms with Crippen LogP contribution in [-0.4, -0.2) is 27.5 Å². The van der Waals surface area contributed by atoms with Gasteiger partial charge in [-0.3, -0.25) is 0 Å². The summed E-state index contributed by atoms with van der Waals surface area (Å²) in [6.07, 6.45) is 0. The van der Waals surface area contributed by atoms with E-state index in [0.29, 0.717) is 0 Å². The zero-order valence-corrected chi connectivity index (χ0v) is 12.3. The predicted octanol–water partition coefficient (Wildman–Crippen LogP) is 1.80. The van der Waals surface area contributed by atoms with Crippen molar-refractivity contribution < 1.29 is 17.9 Å². The Morgan fingerprint density at radius 2 is 1.89 bits per heavy atom. The van der Waals surface area contributed by atoms with Crippen LogP contribution < -0.4 is 4.72 Å². The first kappa shape index (κ1) is 15.7. The molecule has 0 spiro atoms. The lowest BCUT2D eigenvalue weighted by Crippen LogP contribution is -2.36. The minimum absolute atomic E-state index is 0.0582. The molecule has 19 heavy (non-hydrogen) atoms. The normalized spacial score (nSPS) is 13.3. The molecule has 0 fully saturated rings. The van der Waals surface area contributed by atoms with E-state index in [1.807, 2.05) is 13.8 Å². The highest BCUT2D eigenvalue weighted by molar-refractivity contribution is 7.89. The number of ether oxygens (including phenoxy) is 1. The smallest absolute Gasteiger partial charge is 0.337 e. The summed E-state index contributed by atoms with van der Waals surface area (Å²) < 4.78 is 31.4. The van der Waals surface area contributed by atoms with Gasteiger partial charge in [-0.05, 0) is 31.0 Å². The second-order valence-corrected chi connectivity index (χ2v) is 6.39. The molecule has 6 heteroatoms. The van der Waals surface area contributed by atoms with Crippen molar-refractivity contribution in [3.8, 4) is 0 Å². The maximum absolute atomic E-state index is 12.1. The topological polar surface area (TPSA) is 72.5 Å². The molecular weight excluding hydrogens is 266 g/mol. The molecule has 1 aromatic rings. The van der Waals surface area contributed by atoms with Crippen molar-refractivity contribution in [3.05, 3.63) is 29.8 Å². The highest BCUT2D eigenvalue weighted by atomic mass is 32.2. The lowest BCUT2D eigenvalue weighted by Gasteiger charge is -2.17. The van der Waals surface area contributed by atoms with Gasteiger partial charge in [-0.1, -0.05) is 19.9 Å². The zero-order chi connectivity index (χ0) is 14.6. The van der Waals surface area contributed by atoms with Crippen molar-refractivity contribution in [1.29, 1.82) is 0 Å². The standard InChI is InChI=1S/C13H19NO4S/c1-9(2)10(3)14-19(16,17)12-7-5-6-11(8-12)13(15)18-4/h5-10,14H,1-4H3/t10-/m0/s1.